The van der Waals surface area contributed by atoms with Crippen molar-refractivity contribution in [2.24, 2.45) is 0 Å². The summed E-state index contributed by atoms with van der Waals surface area (Å²) in [5.41, 5.74) is 1.26. The fourth-order valence-corrected chi connectivity index (χ4v) is 2.05. The quantitative estimate of drug-likeness (QED) is 0.894. The highest BCUT2D eigenvalue weighted by molar-refractivity contribution is 5.94. The lowest BCUT2D eigenvalue weighted by Crippen LogP contribution is -2.37. The molecule has 0 heterocycles. The fourth-order valence-electron chi connectivity index (χ4n) is 2.05. The van der Waals surface area contributed by atoms with E-state index in [9.17, 15) is 4.79 Å². The van der Waals surface area contributed by atoms with Gasteiger partial charge in [-0.1, -0.05) is 12.1 Å². The first kappa shape index (κ1) is 13.6. The molecule has 4 nitrogen and oxygen atoms in total. The molecule has 1 aliphatic carbocycles. The molecule has 1 atom stereocenters. The Hall–Kier alpha value is -1.86. The second-order valence-electron chi connectivity index (χ2n) is 5.22. The van der Waals surface area contributed by atoms with E-state index in [1.54, 1.807) is 26.1 Å². The lowest BCUT2D eigenvalue weighted by atomic mass is 9.96. The molecule has 1 aromatic rings. The zero-order valence-corrected chi connectivity index (χ0v) is 11.3. The number of hydrogen-bond acceptors (Lipinski definition) is 3. The van der Waals surface area contributed by atoms with Crippen molar-refractivity contribution < 1.29 is 9.90 Å². The van der Waals surface area contributed by atoms with E-state index >= 15 is 0 Å². The Kier molecular flexibility index (Phi) is 3.59. The Balaban J connectivity index is 2.15. The van der Waals surface area contributed by atoms with Crippen molar-refractivity contribution in [3.05, 3.63) is 35.4 Å². The number of carbonyl (C=O) groups excluding carboxylic acids is 1. The molecule has 1 saturated carbocycles. The minimum atomic E-state index is -0.314. The molecular weight excluding hydrogens is 240 g/mol. The summed E-state index contributed by atoms with van der Waals surface area (Å²) in [5, 5.41) is 18.2. The molecule has 1 N–H and O–H groups in total. The van der Waals surface area contributed by atoms with Crippen LogP contribution in [0.4, 0.5) is 0 Å². The van der Waals surface area contributed by atoms with Gasteiger partial charge in [0.1, 0.15) is 0 Å². The molecule has 100 valence electrons. The second-order valence-corrected chi connectivity index (χ2v) is 5.22. The Bertz CT molecular complexity index is 512. The lowest BCUT2D eigenvalue weighted by Gasteiger charge is -2.23. The van der Waals surface area contributed by atoms with Crippen molar-refractivity contribution in [1.29, 1.82) is 5.26 Å². The number of hydrogen-bond donors (Lipinski definition) is 1. The van der Waals surface area contributed by atoms with Gasteiger partial charge in [-0.3, -0.25) is 4.79 Å². The van der Waals surface area contributed by atoms with Gasteiger partial charge in [0.05, 0.1) is 24.1 Å². The summed E-state index contributed by atoms with van der Waals surface area (Å²) in [7, 11) is 1.68. The number of likely N-dealkylation sites (N-methyl/N-ethyl adjacent to an activating group) is 1. The van der Waals surface area contributed by atoms with Gasteiger partial charge < -0.3 is 10.0 Å². The number of amides is 1. The van der Waals surface area contributed by atoms with Crippen LogP contribution < -0.4 is 0 Å². The molecule has 2 rings (SSSR count). The van der Waals surface area contributed by atoms with E-state index in [4.69, 9.17) is 10.4 Å². The maximum atomic E-state index is 12.1. The zero-order valence-electron chi connectivity index (χ0n) is 11.3. The standard InChI is InChI=1S/C15H18N2O2/c1-11(9-18)17(2)14(19)12-3-5-13(6-4-12)15(10-16)7-8-15/h3-6,11,18H,7-9H2,1-2H3. The molecule has 19 heavy (non-hydrogen) atoms. The summed E-state index contributed by atoms with van der Waals surface area (Å²) < 4.78 is 0. The van der Waals surface area contributed by atoms with E-state index in [0.29, 0.717) is 5.56 Å². The van der Waals surface area contributed by atoms with Crippen LogP contribution in [0.25, 0.3) is 0 Å². The fraction of sp³-hybridized carbons (Fsp3) is 0.467. The van der Waals surface area contributed by atoms with Crippen LogP contribution in [0, 0.1) is 11.3 Å². The topological polar surface area (TPSA) is 64.3 Å². The molecule has 0 aliphatic heterocycles. The van der Waals surface area contributed by atoms with Crippen molar-refractivity contribution in [3.63, 3.8) is 0 Å². The van der Waals surface area contributed by atoms with Crippen LogP contribution in [0.15, 0.2) is 24.3 Å². The van der Waals surface area contributed by atoms with Crippen LogP contribution in [0.1, 0.15) is 35.7 Å². The second kappa shape index (κ2) is 5.02. The van der Waals surface area contributed by atoms with Crippen molar-refractivity contribution >= 4 is 5.91 Å². The van der Waals surface area contributed by atoms with E-state index < -0.39 is 0 Å². The van der Waals surface area contributed by atoms with Gasteiger partial charge in [-0.05, 0) is 37.5 Å². The number of nitriles is 1. The molecule has 1 fully saturated rings. The smallest absolute Gasteiger partial charge is 0.253 e. The number of rotatable bonds is 4. The van der Waals surface area contributed by atoms with Crippen molar-refractivity contribution in [3.8, 4) is 6.07 Å². The van der Waals surface area contributed by atoms with Crippen LogP contribution in [-0.4, -0.2) is 35.6 Å². The van der Waals surface area contributed by atoms with Crippen molar-refractivity contribution in [2.45, 2.75) is 31.2 Å². The third-order valence-electron chi connectivity index (χ3n) is 3.89. The van der Waals surface area contributed by atoms with E-state index in [1.807, 2.05) is 12.1 Å². The van der Waals surface area contributed by atoms with Crippen LogP contribution in [-0.2, 0) is 5.41 Å². The third kappa shape index (κ3) is 2.47. The molecule has 1 unspecified atom stereocenters. The minimum Gasteiger partial charge on any atom is -0.394 e. The van der Waals surface area contributed by atoms with E-state index in [0.717, 1.165) is 18.4 Å². The Morgan fingerprint density at radius 3 is 2.47 bits per heavy atom. The van der Waals surface area contributed by atoms with Gasteiger partial charge >= 0.3 is 0 Å². The zero-order chi connectivity index (χ0) is 14.0. The highest BCUT2D eigenvalue weighted by atomic mass is 16.3. The molecular formula is C15H18N2O2. The molecule has 1 aromatic carbocycles. The molecule has 0 bridgehead atoms. The Morgan fingerprint density at radius 2 is 2.05 bits per heavy atom. The number of aliphatic hydroxyl groups is 1. The normalized spacial score (nSPS) is 17.4. The third-order valence-corrected chi connectivity index (χ3v) is 3.89. The summed E-state index contributed by atoms with van der Waals surface area (Å²) in [6.07, 6.45) is 1.80. The van der Waals surface area contributed by atoms with Crippen molar-refractivity contribution in [2.75, 3.05) is 13.7 Å². The average Bonchev–Trinajstić information content (AvgIpc) is 3.26. The summed E-state index contributed by atoms with van der Waals surface area (Å²) in [4.78, 5) is 13.7. The minimum absolute atomic E-state index is 0.0577. The summed E-state index contributed by atoms with van der Waals surface area (Å²) in [6.45, 7) is 1.74. The highest BCUT2D eigenvalue weighted by Crippen LogP contribution is 2.47. The maximum Gasteiger partial charge on any atom is 0.253 e. The Morgan fingerprint density at radius 1 is 1.47 bits per heavy atom. The van der Waals surface area contributed by atoms with Gasteiger partial charge in [0.25, 0.3) is 5.91 Å². The first-order valence-electron chi connectivity index (χ1n) is 6.44. The SMILES string of the molecule is CC(CO)N(C)C(=O)c1ccc(C2(C#N)CC2)cc1. The molecule has 0 aromatic heterocycles. The predicted octanol–water partition coefficient (Wildman–Crippen LogP) is 1.69. The van der Waals surface area contributed by atoms with Gasteiger partial charge in [-0.2, -0.15) is 5.26 Å². The number of nitrogens with zero attached hydrogens (tertiary/aromatic N) is 2. The molecule has 4 heteroatoms. The average molecular weight is 258 g/mol. The van der Waals surface area contributed by atoms with Gasteiger partial charge in [-0.25, -0.2) is 0 Å². The van der Waals surface area contributed by atoms with Crippen LogP contribution in [0.5, 0.6) is 0 Å². The molecule has 0 spiro atoms. The molecule has 0 saturated heterocycles. The summed E-state index contributed by atoms with van der Waals surface area (Å²) >= 11 is 0. The van der Waals surface area contributed by atoms with Crippen LogP contribution >= 0.6 is 0 Å². The summed E-state index contributed by atoms with van der Waals surface area (Å²) in [5.74, 6) is -0.116. The number of aliphatic hydroxyl groups excluding tert-OH is 1. The van der Waals surface area contributed by atoms with Gasteiger partial charge in [-0.15, -0.1) is 0 Å². The first-order chi connectivity index (χ1) is 9.04. The predicted molar refractivity (Wildman–Crippen MR) is 71.6 cm³/mol. The van der Waals surface area contributed by atoms with Crippen LogP contribution in [0.2, 0.25) is 0 Å². The van der Waals surface area contributed by atoms with E-state index in [-0.39, 0.29) is 24.0 Å². The molecule has 1 aliphatic rings. The summed E-state index contributed by atoms with van der Waals surface area (Å²) in [6, 6.07) is 9.37. The highest BCUT2D eigenvalue weighted by Gasteiger charge is 2.44. The molecule has 0 radical (unpaired) electrons. The van der Waals surface area contributed by atoms with Gasteiger partial charge in [0, 0.05) is 12.6 Å². The monoisotopic (exact) mass is 258 g/mol. The van der Waals surface area contributed by atoms with Gasteiger partial charge in [0.2, 0.25) is 0 Å². The Labute approximate surface area is 113 Å². The maximum absolute atomic E-state index is 12.1. The van der Waals surface area contributed by atoms with Crippen LogP contribution in [0.3, 0.4) is 0 Å². The van der Waals surface area contributed by atoms with E-state index in [2.05, 4.69) is 6.07 Å². The lowest BCUT2D eigenvalue weighted by molar-refractivity contribution is 0.0682. The largest absolute Gasteiger partial charge is 0.394 e. The van der Waals surface area contributed by atoms with E-state index in [1.165, 1.54) is 4.90 Å². The molecule has 1 amide bonds. The number of benzene rings is 1. The first-order valence-corrected chi connectivity index (χ1v) is 6.44. The van der Waals surface area contributed by atoms with Gasteiger partial charge in [0.15, 0.2) is 0 Å². The number of carbonyl (C=O) groups is 1. The van der Waals surface area contributed by atoms with Crippen molar-refractivity contribution in [1.82, 2.24) is 4.90 Å².